The molecule has 1 heterocycles. The summed E-state index contributed by atoms with van der Waals surface area (Å²) < 4.78 is 13.6. The number of hydrogen-bond acceptors (Lipinski definition) is 2. The molecule has 24 heavy (non-hydrogen) atoms. The summed E-state index contributed by atoms with van der Waals surface area (Å²) in [5.41, 5.74) is 1.22. The lowest BCUT2D eigenvalue weighted by Gasteiger charge is -2.25. The highest BCUT2D eigenvalue weighted by molar-refractivity contribution is 5.94. The first-order chi connectivity index (χ1) is 11.5. The third-order valence-electron chi connectivity index (χ3n) is 4.67. The van der Waals surface area contributed by atoms with E-state index < -0.39 is 5.91 Å². The van der Waals surface area contributed by atoms with E-state index in [1.165, 1.54) is 24.4 Å². The van der Waals surface area contributed by atoms with Crippen LogP contribution in [0.1, 0.15) is 53.3 Å². The number of aryl methyl sites for hydroxylation is 1. The second kappa shape index (κ2) is 6.99. The van der Waals surface area contributed by atoms with Gasteiger partial charge in [0.1, 0.15) is 11.4 Å². The van der Waals surface area contributed by atoms with E-state index in [-0.39, 0.29) is 28.8 Å². The fraction of sp³-hybridized carbons (Fsp3) is 0.368. The number of carbonyl (C=O) groups is 1. The van der Waals surface area contributed by atoms with Crippen LogP contribution in [0.2, 0.25) is 0 Å². The molecule has 5 heteroatoms. The number of aromatic amines is 1. The van der Waals surface area contributed by atoms with E-state index in [1.807, 2.05) is 6.07 Å². The van der Waals surface area contributed by atoms with Crippen molar-refractivity contribution < 1.29 is 9.18 Å². The van der Waals surface area contributed by atoms with Gasteiger partial charge >= 0.3 is 0 Å². The summed E-state index contributed by atoms with van der Waals surface area (Å²) in [7, 11) is 0. The van der Waals surface area contributed by atoms with Gasteiger partial charge in [0.25, 0.3) is 5.91 Å². The van der Waals surface area contributed by atoms with Crippen LogP contribution in [0.5, 0.6) is 0 Å². The number of hydrogen-bond donors (Lipinski definition) is 2. The molecule has 3 rings (SSSR count). The molecule has 0 bridgehead atoms. The summed E-state index contributed by atoms with van der Waals surface area (Å²) in [4.78, 5) is 27.5. The van der Waals surface area contributed by atoms with Crippen LogP contribution in [0.25, 0.3) is 0 Å². The molecule has 0 spiro atoms. The van der Waals surface area contributed by atoms with Crippen molar-refractivity contribution in [2.24, 2.45) is 5.92 Å². The number of nitrogens with one attached hydrogen (secondary N) is 2. The predicted octanol–water partition coefficient (Wildman–Crippen LogP) is 3.48. The molecule has 126 valence electrons. The van der Waals surface area contributed by atoms with Gasteiger partial charge in [-0.1, -0.05) is 25.0 Å². The van der Waals surface area contributed by atoms with Crippen molar-refractivity contribution in [2.45, 2.75) is 38.6 Å². The maximum Gasteiger partial charge on any atom is 0.257 e. The van der Waals surface area contributed by atoms with Gasteiger partial charge in [0.15, 0.2) is 5.43 Å². The number of aromatic nitrogens is 1. The number of carbonyl (C=O) groups excluding carboxylic acids is 1. The standard InChI is InChI=1S/C19H21FN2O2/c1-12-9-17(23)16(11-21-12)19(24)22-18(13-5-2-3-6-13)14-7-4-8-15(20)10-14/h4,7-11,13,18H,2-3,5-6H2,1H3,(H,21,23)(H,22,24). The molecule has 2 N–H and O–H groups in total. The first-order valence-electron chi connectivity index (χ1n) is 8.30. The zero-order valence-electron chi connectivity index (χ0n) is 13.6. The molecule has 1 saturated carbocycles. The van der Waals surface area contributed by atoms with Gasteiger partial charge < -0.3 is 10.3 Å². The number of pyridine rings is 1. The van der Waals surface area contributed by atoms with E-state index in [9.17, 15) is 14.0 Å². The monoisotopic (exact) mass is 328 g/mol. The molecular formula is C19H21FN2O2. The van der Waals surface area contributed by atoms with Crippen LogP contribution in [0.4, 0.5) is 4.39 Å². The highest BCUT2D eigenvalue weighted by atomic mass is 19.1. The number of rotatable bonds is 4. The Bertz CT molecular complexity index is 794. The van der Waals surface area contributed by atoms with E-state index >= 15 is 0 Å². The first-order valence-corrected chi connectivity index (χ1v) is 8.30. The van der Waals surface area contributed by atoms with Gasteiger partial charge in [-0.2, -0.15) is 0 Å². The Kier molecular flexibility index (Phi) is 4.79. The highest BCUT2D eigenvalue weighted by Crippen LogP contribution is 2.36. The summed E-state index contributed by atoms with van der Waals surface area (Å²) in [5, 5.41) is 2.95. The first kappa shape index (κ1) is 16.4. The van der Waals surface area contributed by atoms with Gasteiger partial charge in [-0.15, -0.1) is 0 Å². The molecular weight excluding hydrogens is 307 g/mol. The molecule has 1 unspecified atom stereocenters. The summed E-state index contributed by atoms with van der Waals surface area (Å²) in [5.74, 6) is -0.476. The molecule has 0 aliphatic heterocycles. The van der Waals surface area contributed by atoms with Crippen molar-refractivity contribution in [2.75, 3.05) is 0 Å². The molecule has 1 fully saturated rings. The molecule has 0 radical (unpaired) electrons. The van der Waals surface area contributed by atoms with Crippen molar-refractivity contribution in [3.63, 3.8) is 0 Å². The zero-order chi connectivity index (χ0) is 17.1. The second-order valence-electron chi connectivity index (χ2n) is 6.44. The van der Waals surface area contributed by atoms with E-state index in [0.717, 1.165) is 31.2 Å². The Morgan fingerprint density at radius 2 is 2.04 bits per heavy atom. The summed E-state index contributed by atoms with van der Waals surface area (Å²) in [6.45, 7) is 1.76. The van der Waals surface area contributed by atoms with Crippen molar-refractivity contribution in [1.82, 2.24) is 10.3 Å². The Labute approximate surface area is 140 Å². The van der Waals surface area contributed by atoms with Crippen LogP contribution < -0.4 is 10.7 Å². The van der Waals surface area contributed by atoms with Crippen LogP contribution >= 0.6 is 0 Å². The minimum Gasteiger partial charge on any atom is -0.364 e. The Morgan fingerprint density at radius 1 is 1.29 bits per heavy atom. The smallest absolute Gasteiger partial charge is 0.257 e. The van der Waals surface area contributed by atoms with E-state index in [4.69, 9.17) is 0 Å². The number of amides is 1. The molecule has 1 amide bonds. The molecule has 1 aromatic carbocycles. The third-order valence-corrected chi connectivity index (χ3v) is 4.67. The van der Waals surface area contributed by atoms with Gasteiger partial charge in [-0.3, -0.25) is 9.59 Å². The third kappa shape index (κ3) is 3.55. The van der Waals surface area contributed by atoms with Crippen LogP contribution in [0.3, 0.4) is 0 Å². The fourth-order valence-corrected chi connectivity index (χ4v) is 3.43. The van der Waals surface area contributed by atoms with Crippen molar-refractivity contribution >= 4 is 5.91 Å². The summed E-state index contributed by atoms with van der Waals surface area (Å²) in [6.07, 6.45) is 5.64. The number of benzene rings is 1. The van der Waals surface area contributed by atoms with Gasteiger partial charge in [0, 0.05) is 18.0 Å². The average molecular weight is 328 g/mol. The molecule has 4 nitrogen and oxygen atoms in total. The molecule has 1 aromatic heterocycles. The summed E-state index contributed by atoms with van der Waals surface area (Å²) >= 11 is 0. The lowest BCUT2D eigenvalue weighted by Crippen LogP contribution is -2.35. The van der Waals surface area contributed by atoms with E-state index in [2.05, 4.69) is 10.3 Å². The number of halogens is 1. The van der Waals surface area contributed by atoms with Crippen molar-refractivity contribution in [3.05, 3.63) is 69.4 Å². The molecule has 2 aromatic rings. The Balaban J connectivity index is 1.88. The molecule has 0 saturated heterocycles. The van der Waals surface area contributed by atoms with Crippen LogP contribution in [-0.4, -0.2) is 10.9 Å². The lowest BCUT2D eigenvalue weighted by atomic mass is 9.91. The molecule has 1 aliphatic rings. The van der Waals surface area contributed by atoms with Gasteiger partial charge in [-0.25, -0.2) is 4.39 Å². The highest BCUT2D eigenvalue weighted by Gasteiger charge is 2.28. The fourth-order valence-electron chi connectivity index (χ4n) is 3.43. The molecule has 1 atom stereocenters. The average Bonchev–Trinajstić information content (AvgIpc) is 3.06. The van der Waals surface area contributed by atoms with Crippen molar-refractivity contribution in [1.29, 1.82) is 0 Å². The second-order valence-corrected chi connectivity index (χ2v) is 6.44. The minimum absolute atomic E-state index is 0.0833. The van der Waals surface area contributed by atoms with Crippen LogP contribution in [0, 0.1) is 18.7 Å². The van der Waals surface area contributed by atoms with Crippen molar-refractivity contribution in [3.8, 4) is 0 Å². The maximum atomic E-state index is 13.6. The van der Waals surface area contributed by atoms with Gasteiger partial charge in [-0.05, 0) is 43.4 Å². The van der Waals surface area contributed by atoms with Gasteiger partial charge in [0.05, 0.1) is 6.04 Å². The SMILES string of the molecule is Cc1cc(=O)c(C(=O)NC(c2cccc(F)c2)C2CCCC2)c[nH]1. The normalized spacial score (nSPS) is 16.1. The number of H-pyrrole nitrogens is 1. The quantitative estimate of drug-likeness (QED) is 0.902. The molecule has 1 aliphatic carbocycles. The zero-order valence-corrected chi connectivity index (χ0v) is 13.6. The van der Waals surface area contributed by atoms with E-state index in [1.54, 1.807) is 13.0 Å². The van der Waals surface area contributed by atoms with Gasteiger partial charge in [0.2, 0.25) is 0 Å². The van der Waals surface area contributed by atoms with Crippen LogP contribution in [0.15, 0.2) is 41.3 Å². The maximum absolute atomic E-state index is 13.6. The Hall–Kier alpha value is -2.43. The minimum atomic E-state index is -0.419. The predicted molar refractivity (Wildman–Crippen MR) is 90.4 cm³/mol. The van der Waals surface area contributed by atoms with Crippen LogP contribution in [-0.2, 0) is 0 Å². The largest absolute Gasteiger partial charge is 0.364 e. The summed E-state index contributed by atoms with van der Waals surface area (Å²) in [6, 6.07) is 7.45. The Morgan fingerprint density at radius 3 is 2.71 bits per heavy atom. The lowest BCUT2D eigenvalue weighted by molar-refractivity contribution is 0.0920. The topological polar surface area (TPSA) is 62.0 Å². The van der Waals surface area contributed by atoms with E-state index in [0.29, 0.717) is 5.69 Å².